The van der Waals surface area contributed by atoms with Gasteiger partial charge in [0, 0.05) is 34.6 Å². The third-order valence-electron chi connectivity index (χ3n) is 22.8. The van der Waals surface area contributed by atoms with E-state index in [9.17, 15) is 152 Å². The first kappa shape index (κ1) is 102. The van der Waals surface area contributed by atoms with Crippen molar-refractivity contribution in [2.75, 3.05) is 52.9 Å². The Morgan fingerprint density at radius 2 is 0.492 bits per heavy atom. The van der Waals surface area contributed by atoms with Crippen LogP contribution in [0.1, 0.15) is 48.5 Å². The molecule has 54 heteroatoms. The summed E-state index contributed by atoms with van der Waals surface area (Å²) in [5.41, 5.74) is 0. The van der Waals surface area contributed by atoms with E-state index in [2.05, 4.69) is 26.6 Å². The van der Waals surface area contributed by atoms with E-state index < -0.39 is 389 Å². The van der Waals surface area contributed by atoms with Crippen LogP contribution >= 0.6 is 0 Å². The fourth-order valence-electron chi connectivity index (χ4n) is 16.2. The number of nitrogens with one attached hydrogen (secondary N) is 5. The molecule has 10 aliphatic rings. The van der Waals surface area contributed by atoms with Crippen LogP contribution in [0.15, 0.2) is 0 Å². The standard InChI is InChI=1S/C70H117N5O49/c1-16-36(88)48(100)50(102)66(107-16)123-59-57(121-63-31(71-18(3)83)44(96)38(90)23(8-76)110-63)41(93)26(11-79)113-69(59)118-54-29(14-82)116-65(34(47(54)99)74-21(6)86)120-56-40(92)25(10-78)112-68(52(56)104)117-53-28(13-81)115-62(33(46(53)98)73-20(5)85)106-15-30-43(95)55(35(61(105)109-30)75-22(7)87)119-70-60(124-67-51(103)49(101)37(89)17(2)108-67)58(42(94)27(12-80)114-70)122-64-32(72-19(4)84)45(97)39(91)24(9-77)111-64/h16-17,23-70,76-82,88-105H,8-15H2,1-7H3,(H,71,83)(H,72,84)(H,73,85)(H,74,86)(H,75,87)/t16-,17-,23+,24+,25+,26+,27+,28+,29+,30+,31+,32+,33+,34+,35+,36+,37+,38+,39+,40-,41-,42-,43-,44+,45+,46+,47+,48+,49+,50-,51-,52+,53+,54+,55+,56-,57-,58-,59+,60+,61-,62+,63-,64-,65-,66-,67-,68-,69-,70-/m0/s1. The quantitative estimate of drug-likeness (QED) is 0.0306. The maximum absolute atomic E-state index is 13.2. The summed E-state index contributed by atoms with van der Waals surface area (Å²) in [7, 11) is 0. The van der Waals surface area contributed by atoms with Gasteiger partial charge >= 0.3 is 0 Å². The summed E-state index contributed by atoms with van der Waals surface area (Å²) in [6, 6.07) is -9.28. The minimum Gasteiger partial charge on any atom is -0.394 e. The monoisotopic (exact) mass is 1810 g/mol. The summed E-state index contributed by atoms with van der Waals surface area (Å²) >= 11 is 0. The molecule has 0 aromatic heterocycles. The minimum absolute atomic E-state index is 0.840. The van der Waals surface area contributed by atoms with Gasteiger partial charge in [0.2, 0.25) is 29.5 Å². The van der Waals surface area contributed by atoms with Crippen molar-refractivity contribution < 1.29 is 242 Å². The van der Waals surface area contributed by atoms with Gasteiger partial charge in [-0.25, -0.2) is 0 Å². The van der Waals surface area contributed by atoms with Crippen molar-refractivity contribution >= 4 is 29.5 Å². The number of hydrogen-bond acceptors (Lipinski definition) is 49. The van der Waals surface area contributed by atoms with E-state index in [4.69, 9.17) is 90.0 Å². The zero-order valence-corrected chi connectivity index (χ0v) is 67.5. The molecule has 0 spiro atoms. The van der Waals surface area contributed by atoms with E-state index in [0.717, 1.165) is 34.6 Å². The lowest BCUT2D eigenvalue weighted by Crippen LogP contribution is -2.71. The molecular weight excluding hydrogens is 1690 g/mol. The lowest BCUT2D eigenvalue weighted by molar-refractivity contribution is -0.402. The number of rotatable bonds is 31. The highest BCUT2D eigenvalue weighted by Gasteiger charge is 2.63. The van der Waals surface area contributed by atoms with Gasteiger partial charge in [0.1, 0.15) is 232 Å². The molecule has 0 saturated carbocycles. The molecule has 54 nitrogen and oxygen atoms in total. The third kappa shape index (κ3) is 22.5. The number of amides is 5. The van der Waals surface area contributed by atoms with Crippen molar-refractivity contribution in [2.45, 2.75) is 355 Å². The van der Waals surface area contributed by atoms with Gasteiger partial charge in [-0.1, -0.05) is 0 Å². The van der Waals surface area contributed by atoms with Crippen molar-refractivity contribution in [3.05, 3.63) is 0 Å². The normalized spacial score (nSPS) is 49.0. The highest BCUT2D eigenvalue weighted by Crippen LogP contribution is 2.42. The molecule has 10 saturated heterocycles. The average Bonchev–Trinajstić information content (AvgIpc) is 0.757. The van der Waals surface area contributed by atoms with Crippen molar-refractivity contribution in [1.82, 2.24) is 26.6 Å². The van der Waals surface area contributed by atoms with E-state index >= 15 is 0 Å². The SMILES string of the molecule is CC(=O)N[C@@H]1[C@@H](O[C@@H]2O[C@H](CO)[C@H](O)[C@H](O[C@@H]3O[C@H](CO)[C@@H](O)[C@H](O)[C@H]3NC(C)=O)[C@H]2O[C@@H]2O[C@@H](C)[C@@H](O)[C@@H](O)[C@@H]2O)[C@@H](O)[C@@H](CO[C@@H]2O[C@H](CO)[C@@H](O[C@@H]3O[C@H](CO)[C@H](O)[C@H](O[C@@H]4O[C@H](CO)[C@@H](O[C@@H]5O[C@H](CO)[C@H](O)[C@H](O[C@@H]6O[C@H](CO)[C@@H](O)[C@H](O)[C@H]6NC(C)=O)[C@H]5O[C@@H]5O[C@@H](C)[C@@H](O)[C@@H](O)[C@@H]5O)[C@H](O)[C@H]4NC(C)=O)[C@H]3O)[C@H](O)[C@H]2NC(C)=O)O[C@@H]1O. The molecule has 0 unspecified atom stereocenters. The molecule has 0 radical (unpaired) electrons. The summed E-state index contributed by atoms with van der Waals surface area (Å²) in [5, 5.41) is 293. The van der Waals surface area contributed by atoms with Crippen LogP contribution in [0.25, 0.3) is 0 Å². The fourth-order valence-corrected chi connectivity index (χ4v) is 16.2. The van der Waals surface area contributed by atoms with Gasteiger partial charge in [-0.2, -0.15) is 0 Å². The number of carbonyl (C=O) groups is 5. The number of aliphatic hydroxyl groups excluding tert-OH is 25. The van der Waals surface area contributed by atoms with Crippen LogP contribution in [0.4, 0.5) is 0 Å². The molecule has 0 aromatic carbocycles. The van der Waals surface area contributed by atoms with E-state index in [1.807, 2.05) is 0 Å². The summed E-state index contributed by atoms with van der Waals surface area (Å²) in [4.78, 5) is 64.2. The van der Waals surface area contributed by atoms with E-state index in [-0.39, 0.29) is 0 Å². The predicted molar refractivity (Wildman–Crippen MR) is 385 cm³/mol. The zero-order chi connectivity index (χ0) is 91.4. The topological polar surface area (TPSA) is 827 Å². The first-order valence-corrected chi connectivity index (χ1v) is 39.8. The summed E-state index contributed by atoms with van der Waals surface area (Å²) < 4.78 is 114. The molecule has 10 aliphatic heterocycles. The molecule has 0 aliphatic carbocycles. The number of hydrogen-bond donors (Lipinski definition) is 30. The van der Waals surface area contributed by atoms with Crippen LogP contribution in [0, 0.1) is 0 Å². The molecule has 10 heterocycles. The van der Waals surface area contributed by atoms with Gasteiger partial charge in [0.15, 0.2) is 62.9 Å². The number of carbonyl (C=O) groups excluding carboxylic acids is 5. The van der Waals surface area contributed by atoms with Crippen LogP contribution in [-0.2, 0) is 114 Å². The molecule has 10 fully saturated rings. The van der Waals surface area contributed by atoms with Gasteiger partial charge in [-0.15, -0.1) is 0 Å². The van der Waals surface area contributed by atoms with E-state index in [1.165, 1.54) is 13.8 Å². The molecule has 124 heavy (non-hydrogen) atoms. The Kier molecular flexibility index (Phi) is 36.3. The smallest absolute Gasteiger partial charge is 0.217 e. The molecule has 10 rings (SSSR count). The molecule has 50 atom stereocenters. The highest BCUT2D eigenvalue weighted by atomic mass is 16.8. The lowest BCUT2D eigenvalue weighted by Gasteiger charge is -2.52. The van der Waals surface area contributed by atoms with Crippen LogP contribution < -0.4 is 26.6 Å². The minimum atomic E-state index is -2.40. The second-order valence-electron chi connectivity index (χ2n) is 31.7. The van der Waals surface area contributed by atoms with Gasteiger partial charge in [0.05, 0.1) is 65.1 Å². The molecule has 716 valence electrons. The number of aliphatic hydroxyl groups is 25. The second-order valence-corrected chi connectivity index (χ2v) is 31.7. The van der Waals surface area contributed by atoms with Crippen molar-refractivity contribution in [1.29, 1.82) is 0 Å². The maximum Gasteiger partial charge on any atom is 0.217 e. The number of ether oxygens (including phenoxy) is 19. The first-order chi connectivity index (χ1) is 58.6. The van der Waals surface area contributed by atoms with Crippen molar-refractivity contribution in [3.63, 3.8) is 0 Å². The average molecular weight is 1810 g/mol. The Morgan fingerprint density at radius 1 is 0.226 bits per heavy atom. The Hall–Kier alpha value is -4.41. The Labute approximate surface area is 703 Å². The zero-order valence-electron chi connectivity index (χ0n) is 67.5. The molecule has 30 N–H and O–H groups in total. The summed E-state index contributed by atoms with van der Waals surface area (Å²) in [5.74, 6) is -4.51. The Bertz CT molecular complexity index is 3400. The van der Waals surface area contributed by atoms with E-state index in [1.54, 1.807) is 0 Å². The van der Waals surface area contributed by atoms with Gasteiger partial charge in [-0.05, 0) is 13.8 Å². The lowest BCUT2D eigenvalue weighted by atomic mass is 9.93. The Balaban J connectivity index is 0.885. The van der Waals surface area contributed by atoms with Crippen molar-refractivity contribution in [2.24, 2.45) is 0 Å². The van der Waals surface area contributed by atoms with Gasteiger partial charge in [-0.3, -0.25) is 24.0 Å². The van der Waals surface area contributed by atoms with Crippen LogP contribution in [-0.4, -0.2) is 517 Å². The molecule has 0 aromatic rings. The predicted octanol–water partition coefficient (Wildman–Crippen LogP) is -20.0. The third-order valence-corrected chi connectivity index (χ3v) is 22.8. The summed E-state index contributed by atoms with van der Waals surface area (Å²) in [6.45, 7) is -1.45. The van der Waals surface area contributed by atoms with Gasteiger partial charge < -0.3 is 244 Å². The highest BCUT2D eigenvalue weighted by molar-refractivity contribution is 5.75. The maximum atomic E-state index is 13.2. The molecule has 0 bridgehead atoms. The van der Waals surface area contributed by atoms with Crippen molar-refractivity contribution in [3.8, 4) is 0 Å². The van der Waals surface area contributed by atoms with Crippen LogP contribution in [0.3, 0.4) is 0 Å². The van der Waals surface area contributed by atoms with Crippen LogP contribution in [0.2, 0.25) is 0 Å². The summed E-state index contributed by atoms with van der Waals surface area (Å²) in [6.07, 6.45) is -90.8. The fraction of sp³-hybridized carbons (Fsp3) is 0.929. The van der Waals surface area contributed by atoms with Crippen LogP contribution in [0.5, 0.6) is 0 Å². The first-order valence-electron chi connectivity index (χ1n) is 39.8. The largest absolute Gasteiger partial charge is 0.394 e. The Morgan fingerprint density at radius 3 is 0.871 bits per heavy atom. The molecular formula is C70H117N5O49. The van der Waals surface area contributed by atoms with Gasteiger partial charge in [0.25, 0.3) is 0 Å². The molecule has 5 amide bonds. The van der Waals surface area contributed by atoms with E-state index in [0.29, 0.717) is 0 Å². The second kappa shape index (κ2) is 44.2.